The first-order chi connectivity index (χ1) is 10.3. The van der Waals surface area contributed by atoms with Crippen LogP contribution in [0.2, 0.25) is 0 Å². The van der Waals surface area contributed by atoms with Crippen LogP contribution in [0.5, 0.6) is 5.75 Å². The van der Waals surface area contributed by atoms with Gasteiger partial charge in [-0.2, -0.15) is 5.10 Å². The average Bonchev–Trinajstić information content (AvgIpc) is 3.00. The SMILES string of the molecule is COc1ccc2c(c1)C(NC(C)Cn1cccn1)CCC2. The summed E-state index contributed by atoms with van der Waals surface area (Å²) in [5, 5.41) is 8.03. The van der Waals surface area contributed by atoms with Gasteiger partial charge < -0.3 is 10.1 Å². The Bertz CT molecular complexity index is 580. The van der Waals surface area contributed by atoms with E-state index in [4.69, 9.17) is 4.74 Å². The van der Waals surface area contributed by atoms with Gasteiger partial charge in [0.1, 0.15) is 5.75 Å². The van der Waals surface area contributed by atoms with E-state index in [-0.39, 0.29) is 0 Å². The number of hydrogen-bond acceptors (Lipinski definition) is 3. The molecule has 0 fully saturated rings. The van der Waals surface area contributed by atoms with Crippen molar-refractivity contribution in [3.05, 3.63) is 47.8 Å². The fourth-order valence-electron chi connectivity index (χ4n) is 3.16. The molecule has 0 radical (unpaired) electrons. The maximum Gasteiger partial charge on any atom is 0.119 e. The number of aryl methyl sites for hydroxylation is 1. The van der Waals surface area contributed by atoms with Crippen molar-refractivity contribution in [1.29, 1.82) is 0 Å². The second kappa shape index (κ2) is 6.31. The average molecular weight is 285 g/mol. The third kappa shape index (κ3) is 3.27. The van der Waals surface area contributed by atoms with E-state index in [1.807, 2.05) is 23.1 Å². The summed E-state index contributed by atoms with van der Waals surface area (Å²) < 4.78 is 7.36. The number of rotatable bonds is 5. The van der Waals surface area contributed by atoms with Crippen LogP contribution in [0.15, 0.2) is 36.7 Å². The van der Waals surface area contributed by atoms with Gasteiger partial charge in [0.25, 0.3) is 0 Å². The van der Waals surface area contributed by atoms with Crippen molar-refractivity contribution in [2.24, 2.45) is 0 Å². The fourth-order valence-corrected chi connectivity index (χ4v) is 3.16. The Morgan fingerprint density at radius 1 is 1.48 bits per heavy atom. The molecule has 1 N–H and O–H groups in total. The van der Waals surface area contributed by atoms with Gasteiger partial charge in [0.2, 0.25) is 0 Å². The van der Waals surface area contributed by atoms with Crippen LogP contribution in [-0.4, -0.2) is 22.9 Å². The summed E-state index contributed by atoms with van der Waals surface area (Å²) in [5.74, 6) is 0.946. The first-order valence-electron chi connectivity index (χ1n) is 7.66. The Hall–Kier alpha value is -1.81. The van der Waals surface area contributed by atoms with Gasteiger partial charge in [0, 0.05) is 24.5 Å². The number of nitrogens with one attached hydrogen (secondary N) is 1. The third-order valence-corrected chi connectivity index (χ3v) is 4.17. The van der Waals surface area contributed by atoms with Gasteiger partial charge in [0.05, 0.1) is 13.7 Å². The van der Waals surface area contributed by atoms with Crippen LogP contribution in [0.1, 0.15) is 36.9 Å². The van der Waals surface area contributed by atoms with E-state index in [1.165, 1.54) is 30.4 Å². The number of ether oxygens (including phenoxy) is 1. The van der Waals surface area contributed by atoms with Crippen LogP contribution in [0.4, 0.5) is 0 Å². The Morgan fingerprint density at radius 2 is 2.38 bits per heavy atom. The molecule has 2 unspecified atom stereocenters. The van der Waals surface area contributed by atoms with Crippen molar-refractivity contribution in [2.45, 2.75) is 44.8 Å². The summed E-state index contributed by atoms with van der Waals surface area (Å²) in [6, 6.07) is 9.22. The number of hydrogen-bond donors (Lipinski definition) is 1. The molecular formula is C17H23N3O. The zero-order valence-electron chi connectivity index (χ0n) is 12.7. The van der Waals surface area contributed by atoms with Crippen LogP contribution >= 0.6 is 0 Å². The van der Waals surface area contributed by atoms with Gasteiger partial charge in [-0.15, -0.1) is 0 Å². The maximum atomic E-state index is 5.38. The van der Waals surface area contributed by atoms with Gasteiger partial charge in [0.15, 0.2) is 0 Å². The molecule has 4 heteroatoms. The number of aromatic nitrogens is 2. The van der Waals surface area contributed by atoms with Gasteiger partial charge in [-0.05, 0) is 55.5 Å². The van der Waals surface area contributed by atoms with Crippen molar-refractivity contribution in [3.63, 3.8) is 0 Å². The summed E-state index contributed by atoms with van der Waals surface area (Å²) >= 11 is 0. The Kier molecular flexibility index (Phi) is 4.25. The number of nitrogens with zero attached hydrogens (tertiary/aromatic N) is 2. The lowest BCUT2D eigenvalue weighted by Crippen LogP contribution is -2.35. The maximum absolute atomic E-state index is 5.38. The van der Waals surface area contributed by atoms with Crippen molar-refractivity contribution in [1.82, 2.24) is 15.1 Å². The lowest BCUT2D eigenvalue weighted by Gasteiger charge is -2.29. The van der Waals surface area contributed by atoms with E-state index >= 15 is 0 Å². The standard InChI is InChI=1S/C17H23N3O/c1-13(12-20-10-4-9-18-20)19-17-6-3-5-14-7-8-15(21-2)11-16(14)17/h4,7-11,13,17,19H,3,5-6,12H2,1-2H3. The van der Waals surface area contributed by atoms with Crippen molar-refractivity contribution >= 4 is 0 Å². The fraction of sp³-hybridized carbons (Fsp3) is 0.471. The van der Waals surface area contributed by atoms with E-state index in [2.05, 4.69) is 35.5 Å². The lowest BCUT2D eigenvalue weighted by atomic mass is 9.87. The van der Waals surface area contributed by atoms with E-state index < -0.39 is 0 Å². The topological polar surface area (TPSA) is 39.1 Å². The highest BCUT2D eigenvalue weighted by Gasteiger charge is 2.22. The second-order valence-electron chi connectivity index (χ2n) is 5.81. The number of benzene rings is 1. The lowest BCUT2D eigenvalue weighted by molar-refractivity contribution is 0.367. The highest BCUT2D eigenvalue weighted by Crippen LogP contribution is 2.32. The molecule has 2 atom stereocenters. The first-order valence-corrected chi connectivity index (χ1v) is 7.66. The van der Waals surface area contributed by atoms with Crippen molar-refractivity contribution < 1.29 is 4.74 Å². The highest BCUT2D eigenvalue weighted by molar-refractivity contribution is 5.39. The second-order valence-corrected chi connectivity index (χ2v) is 5.81. The van der Waals surface area contributed by atoms with Gasteiger partial charge in [-0.1, -0.05) is 6.07 Å². The van der Waals surface area contributed by atoms with Crippen LogP contribution in [0.25, 0.3) is 0 Å². The molecule has 1 aliphatic carbocycles. The molecule has 0 amide bonds. The Morgan fingerprint density at radius 3 is 3.14 bits per heavy atom. The molecule has 1 aromatic carbocycles. The highest BCUT2D eigenvalue weighted by atomic mass is 16.5. The summed E-state index contributed by atoms with van der Waals surface area (Å²) in [6.07, 6.45) is 7.43. The predicted molar refractivity (Wildman–Crippen MR) is 83.5 cm³/mol. The van der Waals surface area contributed by atoms with E-state index in [0.29, 0.717) is 12.1 Å². The zero-order chi connectivity index (χ0) is 14.7. The minimum Gasteiger partial charge on any atom is -0.497 e. The van der Waals surface area contributed by atoms with Gasteiger partial charge >= 0.3 is 0 Å². The zero-order valence-corrected chi connectivity index (χ0v) is 12.7. The summed E-state index contributed by atoms with van der Waals surface area (Å²) in [4.78, 5) is 0. The van der Waals surface area contributed by atoms with Crippen LogP contribution in [-0.2, 0) is 13.0 Å². The van der Waals surface area contributed by atoms with Crippen LogP contribution in [0.3, 0.4) is 0 Å². The molecule has 21 heavy (non-hydrogen) atoms. The first kappa shape index (κ1) is 14.1. The summed E-state index contributed by atoms with van der Waals surface area (Å²) in [5.41, 5.74) is 2.85. The third-order valence-electron chi connectivity index (χ3n) is 4.17. The van der Waals surface area contributed by atoms with Crippen LogP contribution < -0.4 is 10.1 Å². The molecule has 0 bridgehead atoms. The van der Waals surface area contributed by atoms with Crippen molar-refractivity contribution in [3.8, 4) is 5.75 Å². The molecule has 1 aliphatic rings. The molecule has 112 valence electrons. The minimum absolute atomic E-state index is 0.382. The summed E-state index contributed by atoms with van der Waals surface area (Å²) in [7, 11) is 1.73. The minimum atomic E-state index is 0.382. The molecule has 1 aromatic heterocycles. The van der Waals surface area contributed by atoms with E-state index in [1.54, 1.807) is 7.11 Å². The quantitative estimate of drug-likeness (QED) is 0.918. The Labute approximate surface area is 126 Å². The van der Waals surface area contributed by atoms with Gasteiger partial charge in [-0.3, -0.25) is 4.68 Å². The van der Waals surface area contributed by atoms with E-state index in [0.717, 1.165) is 12.3 Å². The molecule has 0 saturated heterocycles. The van der Waals surface area contributed by atoms with Crippen molar-refractivity contribution in [2.75, 3.05) is 7.11 Å². The Balaban J connectivity index is 1.72. The van der Waals surface area contributed by atoms with E-state index in [9.17, 15) is 0 Å². The molecule has 0 saturated carbocycles. The molecule has 1 heterocycles. The molecule has 0 aliphatic heterocycles. The van der Waals surface area contributed by atoms with Crippen LogP contribution in [0, 0.1) is 0 Å². The molecule has 0 spiro atoms. The van der Waals surface area contributed by atoms with Gasteiger partial charge in [-0.25, -0.2) is 0 Å². The number of fused-ring (bicyclic) bond motifs is 1. The normalized spacial score (nSPS) is 19.0. The monoisotopic (exact) mass is 285 g/mol. The summed E-state index contributed by atoms with van der Waals surface area (Å²) in [6.45, 7) is 3.11. The molecule has 4 nitrogen and oxygen atoms in total. The smallest absolute Gasteiger partial charge is 0.119 e. The largest absolute Gasteiger partial charge is 0.497 e. The molecule has 3 rings (SSSR count). The molecule has 2 aromatic rings. The predicted octanol–water partition coefficient (Wildman–Crippen LogP) is 2.95. The number of methoxy groups -OCH3 is 1. The molecular weight excluding hydrogens is 262 g/mol.